The quantitative estimate of drug-likeness (QED) is 0.801. The van der Waals surface area contributed by atoms with Gasteiger partial charge in [0.2, 0.25) is 5.91 Å². The number of hydrogen-bond donors (Lipinski definition) is 1. The van der Waals surface area contributed by atoms with Crippen molar-refractivity contribution in [2.24, 2.45) is 0 Å². The Balaban J connectivity index is 2.01. The molecular weight excluding hydrogens is 298 g/mol. The van der Waals surface area contributed by atoms with Crippen LogP contribution in [-0.2, 0) is 19.1 Å². The van der Waals surface area contributed by atoms with Gasteiger partial charge in [0.05, 0.1) is 0 Å². The summed E-state index contributed by atoms with van der Waals surface area (Å²) < 4.78 is 11.8. The van der Waals surface area contributed by atoms with Crippen LogP contribution in [0.5, 0.6) is 0 Å². The third kappa shape index (κ3) is 4.30. The first-order valence-electron chi connectivity index (χ1n) is 6.23. The molecule has 2 atom stereocenters. The molecule has 1 aliphatic rings. The maximum absolute atomic E-state index is 11.9. The van der Waals surface area contributed by atoms with Gasteiger partial charge in [-0.15, -0.1) is 11.8 Å². The Morgan fingerprint density at radius 1 is 1.57 bits per heavy atom. The lowest BCUT2D eigenvalue weighted by Crippen LogP contribution is -2.29. The van der Waals surface area contributed by atoms with E-state index in [1.807, 2.05) is 0 Å². The van der Waals surface area contributed by atoms with E-state index in [0.717, 1.165) is 0 Å². The predicted octanol–water partition coefficient (Wildman–Crippen LogP) is 0.353. The van der Waals surface area contributed by atoms with Gasteiger partial charge >= 0.3 is 11.7 Å². The van der Waals surface area contributed by atoms with Gasteiger partial charge < -0.3 is 14.8 Å². The van der Waals surface area contributed by atoms with E-state index in [2.05, 4.69) is 10.3 Å². The monoisotopic (exact) mass is 313 g/mol. The molecule has 0 spiro atoms. The van der Waals surface area contributed by atoms with Gasteiger partial charge in [0.1, 0.15) is 24.1 Å². The van der Waals surface area contributed by atoms with Crippen LogP contribution in [0.3, 0.4) is 0 Å². The van der Waals surface area contributed by atoms with Crippen molar-refractivity contribution in [1.29, 1.82) is 0 Å². The van der Waals surface area contributed by atoms with Crippen LogP contribution in [0.25, 0.3) is 0 Å². The van der Waals surface area contributed by atoms with Crippen molar-refractivity contribution >= 4 is 29.5 Å². The summed E-state index contributed by atoms with van der Waals surface area (Å²) in [5, 5.41) is 2.44. The molecule has 0 bridgehead atoms. The van der Waals surface area contributed by atoms with Gasteiger partial charge in [-0.05, 0) is 6.07 Å². The molecule has 0 aliphatic carbocycles. The van der Waals surface area contributed by atoms with Crippen LogP contribution >= 0.6 is 11.8 Å². The van der Waals surface area contributed by atoms with E-state index in [9.17, 15) is 14.4 Å². The number of hydrogen-bond acceptors (Lipinski definition) is 7. The molecule has 2 rings (SSSR count). The zero-order valence-electron chi connectivity index (χ0n) is 11.6. The lowest BCUT2D eigenvalue weighted by molar-refractivity contribution is -0.144. The molecule has 0 saturated carbocycles. The minimum atomic E-state index is -0.514. The lowest BCUT2D eigenvalue weighted by Gasteiger charge is -2.14. The van der Waals surface area contributed by atoms with E-state index in [1.165, 1.54) is 42.4 Å². The Kier molecular flexibility index (Phi) is 4.97. The second kappa shape index (κ2) is 6.72. The Hall–Kier alpha value is -1.87. The zero-order valence-corrected chi connectivity index (χ0v) is 12.4. The molecule has 1 fully saturated rings. The fourth-order valence-corrected chi connectivity index (χ4v) is 2.73. The maximum Gasteiger partial charge on any atom is 0.351 e. The summed E-state index contributed by atoms with van der Waals surface area (Å²) in [6.07, 6.45) is 1.04. The highest BCUT2D eigenvalue weighted by atomic mass is 32.2. The molecule has 114 valence electrons. The first kappa shape index (κ1) is 15.5. The van der Waals surface area contributed by atoms with Crippen LogP contribution < -0.4 is 11.0 Å². The maximum atomic E-state index is 11.9. The smallest absolute Gasteiger partial charge is 0.351 e. The average molecular weight is 313 g/mol. The molecular formula is C12H15N3O5S. The minimum Gasteiger partial charge on any atom is -0.462 e. The normalized spacial score (nSPS) is 21.0. The summed E-state index contributed by atoms with van der Waals surface area (Å²) in [5.41, 5.74) is -0.819. The largest absolute Gasteiger partial charge is 0.462 e. The Morgan fingerprint density at radius 2 is 2.33 bits per heavy atom. The molecule has 1 N–H and O–H groups in total. The number of nitrogens with zero attached hydrogens (tertiary/aromatic N) is 2. The summed E-state index contributed by atoms with van der Waals surface area (Å²) >= 11 is 1.45. The number of esters is 1. The van der Waals surface area contributed by atoms with E-state index in [4.69, 9.17) is 9.47 Å². The van der Waals surface area contributed by atoms with Gasteiger partial charge in [-0.25, -0.2) is 4.79 Å². The number of nitrogens with one attached hydrogen (secondary N) is 1. The van der Waals surface area contributed by atoms with Crippen molar-refractivity contribution in [3.8, 4) is 0 Å². The van der Waals surface area contributed by atoms with Gasteiger partial charge in [-0.3, -0.25) is 14.2 Å². The average Bonchev–Trinajstić information content (AvgIpc) is 2.84. The number of ether oxygens (including phenoxy) is 2. The molecule has 1 aliphatic heterocycles. The summed E-state index contributed by atoms with van der Waals surface area (Å²) in [6, 6.07) is 1.52. The number of carbonyl (C=O) groups excluding carboxylic acids is 2. The molecule has 1 aromatic rings. The first-order valence-corrected chi connectivity index (χ1v) is 7.28. The molecule has 0 radical (unpaired) electrons. The van der Waals surface area contributed by atoms with Gasteiger partial charge in [0.15, 0.2) is 0 Å². The number of carbonyl (C=O) groups is 2. The second-order valence-corrected chi connectivity index (χ2v) is 5.53. The number of amides is 1. The van der Waals surface area contributed by atoms with Crippen LogP contribution in [0.15, 0.2) is 17.1 Å². The molecule has 0 aromatic carbocycles. The highest BCUT2D eigenvalue weighted by molar-refractivity contribution is 8.00. The van der Waals surface area contributed by atoms with Crippen LogP contribution in [0.1, 0.15) is 20.1 Å². The number of rotatable bonds is 4. The number of anilines is 1. The fraction of sp³-hybridized carbons (Fsp3) is 0.500. The van der Waals surface area contributed by atoms with Crippen LogP contribution in [0, 0.1) is 0 Å². The van der Waals surface area contributed by atoms with Crippen molar-refractivity contribution in [2.45, 2.75) is 25.5 Å². The molecule has 0 unspecified atom stereocenters. The molecule has 9 heteroatoms. The molecule has 1 aromatic heterocycles. The number of thioether (sulfide) groups is 1. The highest BCUT2D eigenvalue weighted by Crippen LogP contribution is 2.31. The van der Waals surface area contributed by atoms with Crippen molar-refractivity contribution < 1.29 is 19.1 Å². The van der Waals surface area contributed by atoms with Crippen molar-refractivity contribution in [3.63, 3.8) is 0 Å². The predicted molar refractivity (Wildman–Crippen MR) is 75.8 cm³/mol. The second-order valence-electron chi connectivity index (χ2n) is 4.34. The Bertz CT molecular complexity index is 603. The standard InChI is InChI=1S/C12H15N3O5S/c1-7(16)13-9-3-4-15(12(18)14-9)10-6-21-11(20-10)5-19-8(2)17/h3-4,10-11H,5-6H2,1-2H3,(H,13,14,16,18)/t10-,11+/m0/s1. The SMILES string of the molecule is CC(=O)Nc1ccn([C@@H]2CS[C@H](COC(C)=O)O2)c(=O)n1. The number of aromatic nitrogens is 2. The lowest BCUT2D eigenvalue weighted by atomic mass is 10.5. The van der Waals surface area contributed by atoms with Crippen LogP contribution in [0.4, 0.5) is 5.82 Å². The molecule has 2 heterocycles. The summed E-state index contributed by atoms with van der Waals surface area (Å²) in [4.78, 5) is 37.3. The van der Waals surface area contributed by atoms with Gasteiger partial charge in [0.25, 0.3) is 0 Å². The minimum absolute atomic E-state index is 0.142. The third-order valence-electron chi connectivity index (χ3n) is 2.60. The Morgan fingerprint density at radius 3 is 2.95 bits per heavy atom. The van der Waals surface area contributed by atoms with Crippen molar-refractivity contribution in [2.75, 3.05) is 17.7 Å². The van der Waals surface area contributed by atoms with Crippen LogP contribution in [0.2, 0.25) is 0 Å². The summed E-state index contributed by atoms with van der Waals surface area (Å²) in [7, 11) is 0. The van der Waals surface area contributed by atoms with Crippen molar-refractivity contribution in [1.82, 2.24) is 9.55 Å². The van der Waals surface area contributed by atoms with Gasteiger partial charge in [-0.2, -0.15) is 4.98 Å². The Labute approximate surface area is 124 Å². The van der Waals surface area contributed by atoms with Gasteiger partial charge in [-0.1, -0.05) is 0 Å². The topological polar surface area (TPSA) is 99.5 Å². The van der Waals surface area contributed by atoms with Gasteiger partial charge in [0, 0.05) is 25.8 Å². The van der Waals surface area contributed by atoms with E-state index in [-0.39, 0.29) is 29.7 Å². The van der Waals surface area contributed by atoms with Crippen LogP contribution in [-0.4, -0.2) is 39.2 Å². The summed E-state index contributed by atoms with van der Waals surface area (Å²) in [6.45, 7) is 2.80. The summed E-state index contributed by atoms with van der Waals surface area (Å²) in [5.74, 6) is 0.0771. The van der Waals surface area contributed by atoms with E-state index < -0.39 is 11.9 Å². The third-order valence-corrected chi connectivity index (χ3v) is 3.70. The fourth-order valence-electron chi connectivity index (χ4n) is 1.74. The molecule has 1 amide bonds. The van der Waals surface area contributed by atoms with E-state index >= 15 is 0 Å². The van der Waals surface area contributed by atoms with Crippen molar-refractivity contribution in [3.05, 3.63) is 22.7 Å². The zero-order chi connectivity index (χ0) is 15.4. The highest BCUT2D eigenvalue weighted by Gasteiger charge is 2.28. The first-order chi connectivity index (χ1) is 9.95. The molecule has 1 saturated heterocycles. The molecule has 21 heavy (non-hydrogen) atoms. The molecule has 8 nitrogen and oxygen atoms in total. The van der Waals surface area contributed by atoms with E-state index in [1.54, 1.807) is 0 Å². The van der Waals surface area contributed by atoms with E-state index in [0.29, 0.717) is 5.75 Å².